The van der Waals surface area contributed by atoms with Gasteiger partial charge in [0.1, 0.15) is 0 Å². The number of rotatable bonds is 12. The van der Waals surface area contributed by atoms with Gasteiger partial charge in [0.25, 0.3) is 0 Å². The van der Waals surface area contributed by atoms with Gasteiger partial charge in [-0.25, -0.2) is 9.59 Å². The standard InChI is InChI=1S/C8H6O4.C6H10O4.2C4H10O2/c9-7(10)5-1-2-6(4-3-5)8(11)12;7-5(8)3-1-2-4-6(9)10;1-2-3-4(5)6;5-3-1-2-4-6/h1-4H,(H,9,10)(H,11,12);1-4H2,(H,7,8)(H,9,10);4-6H,2-3H2,1H3;5-6H,1-4H2. The van der Waals surface area contributed by atoms with Gasteiger partial charge in [0, 0.05) is 26.1 Å². The van der Waals surface area contributed by atoms with E-state index >= 15 is 0 Å². The Balaban J connectivity index is -0.000000396. The number of aliphatic hydroxyl groups excluding tert-OH is 3. The number of benzene rings is 1. The molecule has 12 nitrogen and oxygen atoms in total. The molecule has 0 unspecified atom stereocenters. The van der Waals surface area contributed by atoms with Crippen LogP contribution in [0.25, 0.3) is 0 Å². The highest BCUT2D eigenvalue weighted by atomic mass is 16.5. The molecule has 0 aromatic heterocycles. The van der Waals surface area contributed by atoms with Crippen LogP contribution in [-0.2, 0) is 9.59 Å². The molecule has 0 saturated heterocycles. The van der Waals surface area contributed by atoms with Gasteiger partial charge in [0.05, 0.1) is 11.1 Å². The highest BCUT2D eigenvalue weighted by molar-refractivity contribution is 5.91. The summed E-state index contributed by atoms with van der Waals surface area (Å²) in [4.78, 5) is 40.5. The number of hydrogen-bond acceptors (Lipinski definition) is 8. The lowest BCUT2D eigenvalue weighted by Crippen LogP contribution is -2.01. The van der Waals surface area contributed by atoms with Crippen LogP contribution in [-0.4, -0.2) is 84.2 Å². The predicted octanol–water partition coefficient (Wildman–Crippen LogP) is 1.65. The van der Waals surface area contributed by atoms with Crippen LogP contribution in [0.2, 0.25) is 0 Å². The molecule has 12 heteroatoms. The average molecular weight is 493 g/mol. The fourth-order valence-corrected chi connectivity index (χ4v) is 1.79. The zero-order valence-corrected chi connectivity index (χ0v) is 19.2. The molecule has 0 atom stereocenters. The Morgan fingerprint density at radius 3 is 1.15 bits per heavy atom. The molecule has 8 N–H and O–H groups in total. The number of carbonyl (C=O) groups is 4. The van der Waals surface area contributed by atoms with Crippen LogP contribution in [0.4, 0.5) is 0 Å². The lowest BCUT2D eigenvalue weighted by Gasteiger charge is -1.94. The van der Waals surface area contributed by atoms with Gasteiger partial charge in [-0.2, -0.15) is 0 Å². The highest BCUT2D eigenvalue weighted by Gasteiger charge is 2.04. The topological polar surface area (TPSA) is 230 Å². The number of aliphatic hydroxyl groups is 4. The summed E-state index contributed by atoms with van der Waals surface area (Å²) >= 11 is 0. The van der Waals surface area contributed by atoms with Crippen LogP contribution >= 0.6 is 0 Å². The van der Waals surface area contributed by atoms with Crippen LogP contribution in [0.1, 0.15) is 79.0 Å². The fraction of sp³-hybridized carbons (Fsp3) is 0.545. The van der Waals surface area contributed by atoms with Gasteiger partial charge in [-0.15, -0.1) is 0 Å². The number of carboxylic acids is 4. The molecule has 1 aromatic rings. The van der Waals surface area contributed by atoms with Gasteiger partial charge in [0.2, 0.25) is 0 Å². The van der Waals surface area contributed by atoms with Gasteiger partial charge in [-0.05, 0) is 56.4 Å². The molecule has 0 amide bonds. The van der Waals surface area contributed by atoms with E-state index in [9.17, 15) is 19.2 Å². The Hall–Kier alpha value is -3.06. The molecule has 196 valence electrons. The van der Waals surface area contributed by atoms with Crippen molar-refractivity contribution >= 4 is 23.9 Å². The number of unbranched alkanes of at least 4 members (excludes halogenated alkanes) is 2. The van der Waals surface area contributed by atoms with Crippen LogP contribution in [0.5, 0.6) is 0 Å². The van der Waals surface area contributed by atoms with Crippen molar-refractivity contribution < 1.29 is 60.0 Å². The van der Waals surface area contributed by atoms with Gasteiger partial charge in [-0.3, -0.25) is 9.59 Å². The van der Waals surface area contributed by atoms with Crippen molar-refractivity contribution in [3.8, 4) is 0 Å². The zero-order chi connectivity index (χ0) is 26.9. The summed E-state index contributed by atoms with van der Waals surface area (Å²) in [7, 11) is 0. The Kier molecular flexibility index (Phi) is 25.7. The third kappa shape index (κ3) is 28.9. The third-order valence-electron chi connectivity index (χ3n) is 3.52. The highest BCUT2D eigenvalue weighted by Crippen LogP contribution is 2.03. The maximum atomic E-state index is 10.3. The van der Waals surface area contributed by atoms with E-state index in [0.29, 0.717) is 19.3 Å². The van der Waals surface area contributed by atoms with Crippen molar-refractivity contribution in [2.45, 2.75) is 64.6 Å². The fourth-order valence-electron chi connectivity index (χ4n) is 1.79. The number of carboxylic acid groups (broad SMARTS) is 4. The maximum absolute atomic E-state index is 10.3. The summed E-state index contributed by atoms with van der Waals surface area (Å²) in [5, 5.41) is 65.6. The van der Waals surface area contributed by atoms with Crippen LogP contribution in [0.3, 0.4) is 0 Å². The molecule has 0 spiro atoms. The summed E-state index contributed by atoms with van der Waals surface area (Å²) in [6.45, 7) is 2.29. The number of aromatic carboxylic acids is 2. The van der Waals surface area contributed by atoms with E-state index in [-0.39, 0.29) is 37.2 Å². The smallest absolute Gasteiger partial charge is 0.335 e. The first-order chi connectivity index (χ1) is 15.9. The normalized spacial score (nSPS) is 9.35. The second-order valence-electron chi connectivity index (χ2n) is 6.61. The van der Waals surface area contributed by atoms with Crippen molar-refractivity contribution in [3.63, 3.8) is 0 Å². The molecule has 1 rings (SSSR count). The van der Waals surface area contributed by atoms with Crippen LogP contribution in [0, 0.1) is 0 Å². The molecule has 34 heavy (non-hydrogen) atoms. The van der Waals surface area contributed by atoms with Crippen molar-refractivity contribution in [2.24, 2.45) is 0 Å². The van der Waals surface area contributed by atoms with Crippen LogP contribution < -0.4 is 0 Å². The minimum atomic E-state index is -1.10. The maximum Gasteiger partial charge on any atom is 0.335 e. The summed E-state index contributed by atoms with van der Waals surface area (Å²) in [6, 6.07) is 5.02. The Labute approximate surface area is 197 Å². The Bertz CT molecular complexity index is 618. The summed E-state index contributed by atoms with van der Waals surface area (Å²) in [5.74, 6) is -3.87. The van der Waals surface area contributed by atoms with E-state index in [0.717, 1.165) is 19.3 Å². The molecule has 1 aromatic carbocycles. The molecular weight excluding hydrogens is 456 g/mol. The Morgan fingerprint density at radius 1 is 0.676 bits per heavy atom. The second kappa shape index (κ2) is 24.6. The molecular formula is C22H36O12. The molecule has 0 aliphatic carbocycles. The van der Waals surface area contributed by atoms with Crippen molar-refractivity contribution in [1.82, 2.24) is 0 Å². The van der Waals surface area contributed by atoms with Crippen LogP contribution in [0.15, 0.2) is 24.3 Å². The van der Waals surface area contributed by atoms with Gasteiger partial charge < -0.3 is 40.9 Å². The second-order valence-corrected chi connectivity index (χ2v) is 6.61. The Morgan fingerprint density at radius 2 is 1.00 bits per heavy atom. The first-order valence-corrected chi connectivity index (χ1v) is 10.5. The minimum absolute atomic E-state index is 0.0628. The van der Waals surface area contributed by atoms with E-state index in [1.807, 2.05) is 6.92 Å². The first kappa shape index (κ1) is 35.5. The van der Waals surface area contributed by atoms with E-state index in [1.54, 1.807) is 0 Å². The predicted molar refractivity (Wildman–Crippen MR) is 121 cm³/mol. The van der Waals surface area contributed by atoms with E-state index in [1.165, 1.54) is 24.3 Å². The van der Waals surface area contributed by atoms with E-state index in [2.05, 4.69) is 0 Å². The van der Waals surface area contributed by atoms with Gasteiger partial charge in [0.15, 0.2) is 6.29 Å². The quantitative estimate of drug-likeness (QED) is 0.154. The lowest BCUT2D eigenvalue weighted by atomic mass is 10.1. The third-order valence-corrected chi connectivity index (χ3v) is 3.52. The zero-order valence-electron chi connectivity index (χ0n) is 19.2. The molecule has 0 bridgehead atoms. The lowest BCUT2D eigenvalue weighted by molar-refractivity contribution is -0.139. The number of aliphatic carboxylic acids is 2. The molecule has 0 aliphatic rings. The van der Waals surface area contributed by atoms with Gasteiger partial charge >= 0.3 is 23.9 Å². The summed E-state index contributed by atoms with van der Waals surface area (Å²) < 4.78 is 0. The van der Waals surface area contributed by atoms with Crippen molar-refractivity contribution in [3.05, 3.63) is 35.4 Å². The summed E-state index contributed by atoms with van der Waals surface area (Å²) in [5.41, 5.74) is 0.167. The largest absolute Gasteiger partial charge is 0.481 e. The monoisotopic (exact) mass is 492 g/mol. The molecule has 0 radical (unpaired) electrons. The van der Waals surface area contributed by atoms with Crippen molar-refractivity contribution in [2.75, 3.05) is 13.2 Å². The minimum Gasteiger partial charge on any atom is -0.481 e. The molecule has 0 heterocycles. The van der Waals surface area contributed by atoms with Crippen molar-refractivity contribution in [1.29, 1.82) is 0 Å². The summed E-state index contributed by atoms with van der Waals surface area (Å²) in [6.07, 6.45) is 2.67. The molecule has 0 aliphatic heterocycles. The van der Waals surface area contributed by atoms with Gasteiger partial charge in [-0.1, -0.05) is 13.3 Å². The average Bonchev–Trinajstić information content (AvgIpc) is 2.76. The SMILES string of the molecule is CCCC(O)O.O=C(O)CCCCC(=O)O.O=C(O)c1ccc(C(=O)O)cc1.OCCCCO. The molecule has 0 fully saturated rings. The first-order valence-electron chi connectivity index (χ1n) is 10.5. The molecule has 0 saturated carbocycles. The number of hydrogen-bond donors (Lipinski definition) is 8. The van der Waals surface area contributed by atoms with E-state index in [4.69, 9.17) is 40.9 Å². The van der Waals surface area contributed by atoms with E-state index < -0.39 is 30.2 Å².